The molecule has 0 spiro atoms. The van der Waals surface area contributed by atoms with E-state index in [1.165, 1.54) is 0 Å². The van der Waals surface area contributed by atoms with Crippen molar-refractivity contribution in [1.82, 2.24) is 4.98 Å². The zero-order valence-electron chi connectivity index (χ0n) is 11.5. The van der Waals surface area contributed by atoms with Gasteiger partial charge in [-0.2, -0.15) is 0 Å². The van der Waals surface area contributed by atoms with Crippen LogP contribution in [0.25, 0.3) is 0 Å². The maximum atomic E-state index is 5.80. The zero-order valence-corrected chi connectivity index (χ0v) is 13.1. The summed E-state index contributed by atoms with van der Waals surface area (Å²) in [5, 5.41) is 3.36. The first-order valence-electron chi connectivity index (χ1n) is 6.01. The van der Waals surface area contributed by atoms with E-state index in [2.05, 4.69) is 40.1 Å². The molecule has 0 amide bonds. The first kappa shape index (κ1) is 15.2. The van der Waals surface area contributed by atoms with E-state index in [1.54, 1.807) is 13.3 Å². The Morgan fingerprint density at radius 1 is 1.50 bits per heavy atom. The van der Waals surface area contributed by atoms with E-state index in [1.807, 2.05) is 6.92 Å². The highest BCUT2D eigenvalue weighted by Crippen LogP contribution is 2.29. The molecule has 0 radical (unpaired) electrons. The van der Waals surface area contributed by atoms with E-state index >= 15 is 0 Å². The van der Waals surface area contributed by atoms with Crippen molar-refractivity contribution in [3.8, 4) is 0 Å². The molecule has 5 heteroatoms. The predicted octanol–water partition coefficient (Wildman–Crippen LogP) is 3.21. The lowest BCUT2D eigenvalue weighted by Crippen LogP contribution is -2.25. The Morgan fingerprint density at radius 2 is 2.17 bits per heavy atom. The minimum Gasteiger partial charge on any atom is -0.397 e. The maximum Gasteiger partial charge on any atom is 0.140 e. The van der Waals surface area contributed by atoms with Crippen LogP contribution in [0.4, 0.5) is 11.5 Å². The Hall–Kier alpha value is -0.810. The van der Waals surface area contributed by atoms with Crippen molar-refractivity contribution >= 4 is 27.4 Å². The van der Waals surface area contributed by atoms with E-state index in [-0.39, 0.29) is 5.41 Å². The van der Waals surface area contributed by atoms with Crippen LogP contribution in [0, 0.1) is 12.3 Å². The molecule has 102 valence electrons. The summed E-state index contributed by atoms with van der Waals surface area (Å²) in [6, 6.07) is 0. The van der Waals surface area contributed by atoms with Crippen molar-refractivity contribution < 1.29 is 4.74 Å². The summed E-state index contributed by atoms with van der Waals surface area (Å²) in [5.41, 5.74) is 7.68. The van der Waals surface area contributed by atoms with Crippen LogP contribution in [-0.2, 0) is 4.74 Å². The molecule has 0 aliphatic heterocycles. The smallest absolute Gasteiger partial charge is 0.140 e. The molecule has 0 unspecified atom stereocenters. The first-order chi connectivity index (χ1) is 8.37. The highest BCUT2D eigenvalue weighted by molar-refractivity contribution is 9.10. The molecular weight excluding hydrogens is 294 g/mol. The molecule has 4 nitrogen and oxygen atoms in total. The second-order valence-corrected chi connectivity index (χ2v) is 6.05. The summed E-state index contributed by atoms with van der Waals surface area (Å²) in [6.45, 7) is 7.99. The second-order valence-electron chi connectivity index (χ2n) is 5.26. The van der Waals surface area contributed by atoms with Crippen LogP contribution in [0.3, 0.4) is 0 Å². The number of aromatic nitrogens is 1. The number of pyridine rings is 1. The number of hydrogen-bond acceptors (Lipinski definition) is 4. The highest BCUT2D eigenvalue weighted by Gasteiger charge is 2.18. The Labute approximate surface area is 117 Å². The van der Waals surface area contributed by atoms with Crippen LogP contribution in [0.2, 0.25) is 0 Å². The third-order valence-electron chi connectivity index (χ3n) is 3.02. The number of ether oxygens (including phenoxy) is 1. The Balaban J connectivity index is 2.66. The van der Waals surface area contributed by atoms with Gasteiger partial charge in [0.25, 0.3) is 0 Å². The fraction of sp³-hybridized carbons (Fsp3) is 0.615. The lowest BCUT2D eigenvalue weighted by Gasteiger charge is -2.25. The quantitative estimate of drug-likeness (QED) is 0.846. The molecule has 1 aromatic rings. The van der Waals surface area contributed by atoms with Gasteiger partial charge in [0.15, 0.2) is 0 Å². The van der Waals surface area contributed by atoms with Crippen LogP contribution in [0.5, 0.6) is 0 Å². The Bertz CT molecular complexity index is 407. The maximum absolute atomic E-state index is 5.80. The third-order valence-corrected chi connectivity index (χ3v) is 3.99. The fourth-order valence-corrected chi connectivity index (χ4v) is 1.98. The van der Waals surface area contributed by atoms with Gasteiger partial charge >= 0.3 is 0 Å². The standard InChI is InChI=1S/C13H22BrN3O/c1-9-10(15)7-16-12(11(9)14)17-8-13(2,3)5-6-18-4/h7H,5-6,8,15H2,1-4H3,(H,16,17). The molecule has 0 aromatic carbocycles. The molecule has 0 atom stereocenters. The number of hydrogen-bond donors (Lipinski definition) is 2. The van der Waals surface area contributed by atoms with Crippen molar-refractivity contribution in [2.24, 2.45) is 5.41 Å². The van der Waals surface area contributed by atoms with Crippen molar-refractivity contribution in [3.63, 3.8) is 0 Å². The minimum absolute atomic E-state index is 0.159. The topological polar surface area (TPSA) is 60.2 Å². The van der Waals surface area contributed by atoms with Gasteiger partial charge in [-0.25, -0.2) is 4.98 Å². The number of rotatable bonds is 6. The van der Waals surface area contributed by atoms with Crippen molar-refractivity contribution in [1.29, 1.82) is 0 Å². The predicted molar refractivity (Wildman–Crippen MR) is 79.9 cm³/mol. The van der Waals surface area contributed by atoms with E-state index in [4.69, 9.17) is 10.5 Å². The summed E-state index contributed by atoms with van der Waals surface area (Å²) in [6.07, 6.45) is 2.69. The van der Waals surface area contributed by atoms with Gasteiger partial charge in [-0.3, -0.25) is 0 Å². The molecular formula is C13H22BrN3O. The first-order valence-corrected chi connectivity index (χ1v) is 6.80. The van der Waals surface area contributed by atoms with E-state index in [0.717, 1.165) is 35.4 Å². The van der Waals surface area contributed by atoms with Gasteiger partial charge in [-0.15, -0.1) is 0 Å². The number of nitrogens with zero attached hydrogens (tertiary/aromatic N) is 1. The molecule has 1 aromatic heterocycles. The third kappa shape index (κ3) is 4.14. The monoisotopic (exact) mass is 315 g/mol. The largest absolute Gasteiger partial charge is 0.397 e. The summed E-state index contributed by atoms with van der Waals surface area (Å²) in [5.74, 6) is 0.840. The molecule has 3 N–H and O–H groups in total. The number of nitrogens with one attached hydrogen (secondary N) is 1. The number of nitrogen functional groups attached to an aromatic ring is 1. The van der Waals surface area contributed by atoms with Crippen LogP contribution in [0.1, 0.15) is 25.8 Å². The molecule has 0 saturated carbocycles. The summed E-state index contributed by atoms with van der Waals surface area (Å²) in [7, 11) is 1.73. The highest BCUT2D eigenvalue weighted by atomic mass is 79.9. The Morgan fingerprint density at radius 3 is 2.78 bits per heavy atom. The molecule has 1 heterocycles. The van der Waals surface area contributed by atoms with Gasteiger partial charge in [-0.05, 0) is 40.3 Å². The minimum atomic E-state index is 0.159. The average molecular weight is 316 g/mol. The van der Waals surface area contributed by atoms with Crippen molar-refractivity contribution in [2.75, 3.05) is 31.3 Å². The molecule has 0 bridgehead atoms. The normalized spacial score (nSPS) is 11.6. The van der Waals surface area contributed by atoms with Gasteiger partial charge in [0.1, 0.15) is 5.82 Å². The molecule has 18 heavy (non-hydrogen) atoms. The van der Waals surface area contributed by atoms with Gasteiger partial charge in [0.05, 0.1) is 16.4 Å². The van der Waals surface area contributed by atoms with Crippen molar-refractivity contribution in [3.05, 3.63) is 16.2 Å². The van der Waals surface area contributed by atoms with E-state index < -0.39 is 0 Å². The molecule has 0 aliphatic carbocycles. The summed E-state index contributed by atoms with van der Waals surface area (Å²) < 4.78 is 6.05. The Kier molecular flexibility index (Phi) is 5.41. The number of nitrogens with two attached hydrogens (primary N) is 1. The summed E-state index contributed by atoms with van der Waals surface area (Å²) >= 11 is 3.52. The zero-order chi connectivity index (χ0) is 13.8. The molecule has 0 fully saturated rings. The van der Waals surface area contributed by atoms with Gasteiger partial charge in [0, 0.05) is 20.3 Å². The number of halogens is 1. The van der Waals surface area contributed by atoms with Crippen LogP contribution >= 0.6 is 15.9 Å². The average Bonchev–Trinajstić information content (AvgIpc) is 2.33. The van der Waals surface area contributed by atoms with Gasteiger partial charge in [0.2, 0.25) is 0 Å². The lowest BCUT2D eigenvalue weighted by atomic mass is 9.90. The van der Waals surface area contributed by atoms with Gasteiger partial charge in [-0.1, -0.05) is 13.8 Å². The van der Waals surface area contributed by atoms with Crippen LogP contribution in [-0.4, -0.2) is 25.2 Å². The van der Waals surface area contributed by atoms with Crippen LogP contribution in [0.15, 0.2) is 10.7 Å². The van der Waals surface area contributed by atoms with E-state index in [9.17, 15) is 0 Å². The summed E-state index contributed by atoms with van der Waals surface area (Å²) in [4.78, 5) is 4.31. The van der Waals surface area contributed by atoms with Gasteiger partial charge < -0.3 is 15.8 Å². The van der Waals surface area contributed by atoms with Crippen molar-refractivity contribution in [2.45, 2.75) is 27.2 Å². The lowest BCUT2D eigenvalue weighted by molar-refractivity contribution is 0.157. The fourth-order valence-electron chi connectivity index (χ4n) is 1.50. The molecule has 0 saturated heterocycles. The molecule has 1 rings (SSSR count). The molecule has 0 aliphatic rings. The number of anilines is 2. The van der Waals surface area contributed by atoms with E-state index in [0.29, 0.717) is 5.69 Å². The SMILES string of the molecule is COCCC(C)(C)CNc1ncc(N)c(C)c1Br. The van der Waals surface area contributed by atoms with Crippen LogP contribution < -0.4 is 11.1 Å². The number of methoxy groups -OCH3 is 1. The second kappa shape index (κ2) is 6.38.